The van der Waals surface area contributed by atoms with Gasteiger partial charge in [0.2, 0.25) is 5.95 Å². The van der Waals surface area contributed by atoms with Gasteiger partial charge >= 0.3 is 12.0 Å². The topological polar surface area (TPSA) is 160 Å². The van der Waals surface area contributed by atoms with Gasteiger partial charge in [0.1, 0.15) is 0 Å². The summed E-state index contributed by atoms with van der Waals surface area (Å²) in [7, 11) is 1.60. The second kappa shape index (κ2) is 7.74. The third-order valence-electron chi connectivity index (χ3n) is 4.49. The molecule has 4 aromatic rings. The molecule has 0 radical (unpaired) electrons. The number of imidazole rings is 1. The normalized spacial score (nSPS) is 10.9. The quantitative estimate of drug-likeness (QED) is 0.377. The summed E-state index contributed by atoms with van der Waals surface area (Å²) in [5.41, 5.74) is 2.21. The fraction of sp³-hybridized carbons (Fsp3) is 0.158. The average Bonchev–Trinajstić information content (AvgIpc) is 3.36. The van der Waals surface area contributed by atoms with Crippen molar-refractivity contribution in [2.75, 3.05) is 11.9 Å². The Balaban J connectivity index is 1.89. The lowest BCUT2D eigenvalue weighted by molar-refractivity contribution is 0.0697. The van der Waals surface area contributed by atoms with Crippen molar-refractivity contribution in [2.24, 2.45) is 7.05 Å². The minimum atomic E-state index is -1.12. The Labute approximate surface area is 174 Å². The van der Waals surface area contributed by atoms with Crippen molar-refractivity contribution in [2.45, 2.75) is 6.92 Å². The number of hydrogen-bond donors (Lipinski definition) is 4. The predicted molar refractivity (Wildman–Crippen MR) is 111 cm³/mol. The zero-order chi connectivity index (χ0) is 22.1. The largest absolute Gasteiger partial charge is 0.478 e. The van der Waals surface area contributed by atoms with Crippen molar-refractivity contribution < 1.29 is 14.7 Å². The Morgan fingerprint density at radius 3 is 2.74 bits per heavy atom. The van der Waals surface area contributed by atoms with Crippen LogP contribution in [0.15, 0.2) is 41.7 Å². The molecule has 0 unspecified atom stereocenters. The molecule has 3 aromatic heterocycles. The summed E-state index contributed by atoms with van der Waals surface area (Å²) in [6.45, 7) is 2.23. The van der Waals surface area contributed by atoms with Crippen LogP contribution in [0.4, 0.5) is 10.7 Å². The first-order valence-corrected chi connectivity index (χ1v) is 9.25. The van der Waals surface area contributed by atoms with Gasteiger partial charge in [-0.2, -0.15) is 5.10 Å². The lowest BCUT2D eigenvalue weighted by Crippen LogP contribution is -2.28. The van der Waals surface area contributed by atoms with Crippen LogP contribution in [0.5, 0.6) is 0 Å². The number of fused-ring (bicyclic) bond motifs is 1. The highest BCUT2D eigenvalue weighted by atomic mass is 16.4. The molecule has 31 heavy (non-hydrogen) atoms. The third-order valence-corrected chi connectivity index (χ3v) is 4.49. The first-order chi connectivity index (χ1) is 14.9. The number of benzene rings is 1. The van der Waals surface area contributed by atoms with Gasteiger partial charge in [0.25, 0.3) is 5.56 Å². The van der Waals surface area contributed by atoms with Crippen LogP contribution in [-0.4, -0.2) is 53.0 Å². The van der Waals surface area contributed by atoms with E-state index < -0.39 is 12.0 Å². The predicted octanol–water partition coefficient (Wildman–Crippen LogP) is 1.35. The molecule has 0 aliphatic carbocycles. The molecule has 0 spiro atoms. The van der Waals surface area contributed by atoms with Gasteiger partial charge in [-0.3, -0.25) is 10.1 Å². The number of rotatable bonds is 5. The Morgan fingerprint density at radius 1 is 1.26 bits per heavy atom. The van der Waals surface area contributed by atoms with Crippen molar-refractivity contribution in [3.63, 3.8) is 0 Å². The number of anilines is 1. The van der Waals surface area contributed by atoms with E-state index in [1.807, 2.05) is 0 Å². The molecule has 12 heteroatoms. The van der Waals surface area contributed by atoms with Gasteiger partial charge in [0.15, 0.2) is 0 Å². The van der Waals surface area contributed by atoms with Crippen LogP contribution in [0.1, 0.15) is 17.3 Å². The zero-order valence-corrected chi connectivity index (χ0v) is 16.6. The minimum Gasteiger partial charge on any atom is -0.478 e. The third kappa shape index (κ3) is 3.85. The van der Waals surface area contributed by atoms with Gasteiger partial charge in [-0.25, -0.2) is 24.2 Å². The standard InChI is InChI=1S/C19H18N8O4/c1-3-20-19(31)25-18-23-13-4-10(12-6-15(28)26(2)9-21-12)5-14(16(13)24-18)27-8-11(7-22-27)17(29)30/h4-9H,3H2,1-2H3,(H,29,30)(H3,20,23,24,25,31). The highest BCUT2D eigenvalue weighted by Crippen LogP contribution is 2.28. The van der Waals surface area contributed by atoms with Crippen molar-refractivity contribution in [1.29, 1.82) is 0 Å². The van der Waals surface area contributed by atoms with E-state index in [1.54, 1.807) is 26.1 Å². The molecule has 4 rings (SSSR count). The van der Waals surface area contributed by atoms with Crippen molar-refractivity contribution in [3.05, 3.63) is 52.8 Å². The fourth-order valence-electron chi connectivity index (χ4n) is 2.98. The maximum Gasteiger partial charge on any atom is 0.338 e. The molecular formula is C19H18N8O4. The highest BCUT2D eigenvalue weighted by Gasteiger charge is 2.16. The Hall–Kier alpha value is -4.48. The number of carbonyl (C=O) groups is 2. The lowest BCUT2D eigenvalue weighted by atomic mass is 10.1. The molecule has 1 aromatic carbocycles. The van der Waals surface area contributed by atoms with Gasteiger partial charge in [-0.05, 0) is 19.1 Å². The molecule has 158 valence electrons. The molecule has 4 N–H and O–H groups in total. The van der Waals surface area contributed by atoms with E-state index in [0.29, 0.717) is 34.5 Å². The van der Waals surface area contributed by atoms with Gasteiger partial charge in [-0.1, -0.05) is 0 Å². The van der Waals surface area contributed by atoms with E-state index in [1.165, 1.54) is 34.0 Å². The van der Waals surface area contributed by atoms with Crippen molar-refractivity contribution >= 4 is 29.0 Å². The lowest BCUT2D eigenvalue weighted by Gasteiger charge is -2.07. The number of carboxylic acids is 1. The number of aryl methyl sites for hydroxylation is 1. The number of aromatic nitrogens is 6. The number of hydrogen-bond acceptors (Lipinski definition) is 6. The summed E-state index contributed by atoms with van der Waals surface area (Å²) >= 11 is 0. The molecular weight excluding hydrogens is 404 g/mol. The first kappa shape index (κ1) is 19.8. The van der Waals surface area contributed by atoms with Gasteiger partial charge in [0, 0.05) is 31.4 Å². The van der Waals surface area contributed by atoms with Crippen LogP contribution in [0.3, 0.4) is 0 Å². The van der Waals surface area contributed by atoms with E-state index in [2.05, 4.69) is 30.7 Å². The molecule has 0 fully saturated rings. The molecule has 0 saturated carbocycles. The van der Waals surface area contributed by atoms with E-state index >= 15 is 0 Å². The minimum absolute atomic E-state index is 0.00504. The van der Waals surface area contributed by atoms with Gasteiger partial charge in [-0.15, -0.1) is 0 Å². The van der Waals surface area contributed by atoms with E-state index in [0.717, 1.165) is 0 Å². The van der Waals surface area contributed by atoms with E-state index in [9.17, 15) is 19.5 Å². The molecule has 0 bridgehead atoms. The summed E-state index contributed by atoms with van der Waals surface area (Å²) in [5, 5.41) is 18.6. The number of aromatic carboxylic acids is 1. The number of urea groups is 1. The average molecular weight is 422 g/mol. The van der Waals surface area contributed by atoms with Crippen molar-refractivity contribution in [3.8, 4) is 16.9 Å². The number of carbonyl (C=O) groups excluding carboxylic acids is 1. The highest BCUT2D eigenvalue weighted by molar-refractivity contribution is 5.94. The Morgan fingerprint density at radius 2 is 2.06 bits per heavy atom. The number of nitrogens with one attached hydrogen (secondary N) is 3. The molecule has 0 aliphatic rings. The number of nitrogens with zero attached hydrogens (tertiary/aromatic N) is 5. The second-order valence-corrected chi connectivity index (χ2v) is 6.66. The van der Waals surface area contributed by atoms with Crippen LogP contribution in [-0.2, 0) is 7.05 Å². The van der Waals surface area contributed by atoms with E-state index in [-0.39, 0.29) is 17.1 Å². The monoisotopic (exact) mass is 422 g/mol. The number of aromatic amines is 1. The molecule has 3 heterocycles. The summed E-state index contributed by atoms with van der Waals surface area (Å²) in [4.78, 5) is 46.9. The number of amides is 2. The Bertz CT molecular complexity index is 1370. The van der Waals surface area contributed by atoms with Gasteiger partial charge in [0.05, 0.1) is 40.5 Å². The smallest absolute Gasteiger partial charge is 0.338 e. The number of H-pyrrole nitrogens is 1. The second-order valence-electron chi connectivity index (χ2n) is 6.66. The summed E-state index contributed by atoms with van der Waals surface area (Å²) in [5.74, 6) is -0.919. The van der Waals surface area contributed by atoms with E-state index in [4.69, 9.17) is 0 Å². The Kier molecular flexibility index (Phi) is 4.95. The molecule has 0 aliphatic heterocycles. The van der Waals surface area contributed by atoms with Gasteiger partial charge < -0.3 is 20.0 Å². The SMILES string of the molecule is CCNC(=O)Nc1nc2cc(-c3cc(=O)n(C)cn3)cc(-n3cc(C(=O)O)cn3)c2[nH]1. The molecule has 0 saturated heterocycles. The molecule has 0 atom stereocenters. The zero-order valence-electron chi connectivity index (χ0n) is 16.6. The van der Waals surface area contributed by atoms with Crippen LogP contribution in [0, 0.1) is 0 Å². The first-order valence-electron chi connectivity index (χ1n) is 9.25. The molecule has 2 amide bonds. The summed E-state index contributed by atoms with van der Waals surface area (Å²) < 4.78 is 2.73. The van der Waals surface area contributed by atoms with Crippen LogP contribution in [0.25, 0.3) is 28.0 Å². The fourth-order valence-corrected chi connectivity index (χ4v) is 2.98. The van der Waals surface area contributed by atoms with Crippen LogP contribution in [0.2, 0.25) is 0 Å². The molecule has 12 nitrogen and oxygen atoms in total. The van der Waals surface area contributed by atoms with Crippen LogP contribution >= 0.6 is 0 Å². The summed E-state index contributed by atoms with van der Waals surface area (Å²) in [6, 6.07) is 4.37. The summed E-state index contributed by atoms with van der Waals surface area (Å²) in [6.07, 6.45) is 3.99. The number of carboxylic acid groups (broad SMARTS) is 1. The van der Waals surface area contributed by atoms with Crippen molar-refractivity contribution in [1.82, 2.24) is 34.6 Å². The maximum atomic E-state index is 12.1. The van der Waals surface area contributed by atoms with Crippen LogP contribution < -0.4 is 16.2 Å². The maximum absolute atomic E-state index is 12.1.